The molecule has 0 aromatic carbocycles. The molecule has 1 aliphatic rings. The second-order valence-corrected chi connectivity index (χ2v) is 6.31. The van der Waals surface area contributed by atoms with Crippen LogP contribution in [0.25, 0.3) is 0 Å². The molecule has 1 amide bonds. The van der Waals surface area contributed by atoms with Crippen molar-refractivity contribution in [1.29, 1.82) is 0 Å². The van der Waals surface area contributed by atoms with Gasteiger partial charge in [0.15, 0.2) is 0 Å². The minimum atomic E-state index is -0.740. The fourth-order valence-corrected chi connectivity index (χ4v) is 3.30. The van der Waals surface area contributed by atoms with Gasteiger partial charge in [-0.25, -0.2) is 0 Å². The van der Waals surface area contributed by atoms with Gasteiger partial charge in [0.05, 0.1) is 12.0 Å². The number of thiophene rings is 1. The molecule has 2 rings (SSSR count). The molecular weight excluding hydrogens is 246 g/mol. The normalized spacial score (nSPS) is 19.7. The Balaban J connectivity index is 1.75. The highest BCUT2D eigenvalue weighted by molar-refractivity contribution is 7.10. The highest BCUT2D eigenvalue weighted by Gasteiger charge is 2.33. The lowest BCUT2D eigenvalue weighted by Crippen LogP contribution is -2.36. The lowest BCUT2D eigenvalue weighted by Gasteiger charge is -2.21. The van der Waals surface area contributed by atoms with Crippen LogP contribution < -0.4 is 5.32 Å². The van der Waals surface area contributed by atoms with Crippen molar-refractivity contribution in [3.63, 3.8) is 0 Å². The third-order valence-electron chi connectivity index (χ3n) is 3.66. The fraction of sp³-hybridized carbons (Fsp3) is 0.643. The smallest absolute Gasteiger partial charge is 0.222 e. The van der Waals surface area contributed by atoms with Crippen molar-refractivity contribution in [2.24, 2.45) is 0 Å². The number of nitrogens with one attached hydrogen (secondary N) is 1. The number of rotatable bonds is 5. The van der Waals surface area contributed by atoms with E-state index in [0.29, 0.717) is 12.5 Å². The van der Waals surface area contributed by atoms with Crippen molar-refractivity contribution in [2.75, 3.05) is 6.54 Å². The second-order valence-electron chi connectivity index (χ2n) is 5.33. The summed E-state index contributed by atoms with van der Waals surface area (Å²) >= 11 is 1.71. The van der Waals surface area contributed by atoms with Crippen LogP contribution in [0.2, 0.25) is 0 Å². The first-order chi connectivity index (χ1) is 8.59. The predicted molar refractivity (Wildman–Crippen MR) is 73.8 cm³/mol. The lowest BCUT2D eigenvalue weighted by molar-refractivity contribution is -0.125. The SMILES string of the molecule is CC(CNC(=O)CC1(O)CCCC1)c1cccs1. The zero-order valence-electron chi connectivity index (χ0n) is 10.8. The Morgan fingerprint density at radius 2 is 2.28 bits per heavy atom. The van der Waals surface area contributed by atoms with Crippen LogP contribution in [0.5, 0.6) is 0 Å². The summed E-state index contributed by atoms with van der Waals surface area (Å²) in [7, 11) is 0. The Morgan fingerprint density at radius 1 is 1.56 bits per heavy atom. The average Bonchev–Trinajstić information content (AvgIpc) is 2.97. The summed E-state index contributed by atoms with van der Waals surface area (Å²) in [5.74, 6) is 0.315. The molecule has 1 fully saturated rings. The monoisotopic (exact) mass is 267 g/mol. The molecule has 0 aliphatic heterocycles. The van der Waals surface area contributed by atoms with E-state index in [9.17, 15) is 9.90 Å². The van der Waals surface area contributed by atoms with Gasteiger partial charge in [0.2, 0.25) is 5.91 Å². The van der Waals surface area contributed by atoms with E-state index >= 15 is 0 Å². The number of carbonyl (C=O) groups excluding carboxylic acids is 1. The van der Waals surface area contributed by atoms with E-state index < -0.39 is 5.60 Å². The molecule has 1 saturated carbocycles. The molecule has 0 radical (unpaired) electrons. The summed E-state index contributed by atoms with van der Waals surface area (Å²) in [6.45, 7) is 2.76. The molecule has 0 spiro atoms. The first kappa shape index (κ1) is 13.6. The van der Waals surface area contributed by atoms with Gasteiger partial charge < -0.3 is 10.4 Å². The van der Waals surface area contributed by atoms with E-state index in [-0.39, 0.29) is 12.3 Å². The third-order valence-corrected chi connectivity index (χ3v) is 4.76. The molecule has 3 nitrogen and oxygen atoms in total. The third kappa shape index (κ3) is 3.56. The molecule has 1 aromatic rings. The van der Waals surface area contributed by atoms with Crippen molar-refractivity contribution in [3.8, 4) is 0 Å². The molecule has 2 N–H and O–H groups in total. The van der Waals surface area contributed by atoms with Crippen LogP contribution >= 0.6 is 11.3 Å². The van der Waals surface area contributed by atoms with E-state index in [1.54, 1.807) is 11.3 Å². The first-order valence-electron chi connectivity index (χ1n) is 6.61. The van der Waals surface area contributed by atoms with Crippen molar-refractivity contribution in [1.82, 2.24) is 5.32 Å². The highest BCUT2D eigenvalue weighted by Crippen LogP contribution is 2.32. The average molecular weight is 267 g/mol. The van der Waals surface area contributed by atoms with Crippen LogP contribution in [0.15, 0.2) is 17.5 Å². The molecule has 0 bridgehead atoms. The second kappa shape index (κ2) is 5.85. The Kier molecular flexibility index (Phi) is 4.40. The number of hydrogen-bond acceptors (Lipinski definition) is 3. The van der Waals surface area contributed by atoms with E-state index in [0.717, 1.165) is 25.7 Å². The molecular formula is C14H21NO2S. The predicted octanol–water partition coefficient (Wildman–Crippen LogP) is 2.66. The van der Waals surface area contributed by atoms with Crippen LogP contribution in [0.1, 0.15) is 49.8 Å². The van der Waals surface area contributed by atoms with E-state index in [1.807, 2.05) is 6.07 Å². The Labute approximate surface area is 112 Å². The quantitative estimate of drug-likeness (QED) is 0.861. The Morgan fingerprint density at radius 3 is 2.89 bits per heavy atom. The zero-order chi connectivity index (χ0) is 13.0. The van der Waals surface area contributed by atoms with E-state index in [4.69, 9.17) is 0 Å². The highest BCUT2D eigenvalue weighted by atomic mass is 32.1. The fourth-order valence-electron chi connectivity index (χ4n) is 2.51. The molecule has 1 heterocycles. The van der Waals surface area contributed by atoms with Gasteiger partial charge >= 0.3 is 0 Å². The zero-order valence-corrected chi connectivity index (χ0v) is 11.6. The summed E-state index contributed by atoms with van der Waals surface area (Å²) in [5.41, 5.74) is -0.740. The standard InChI is InChI=1S/C14H21NO2S/c1-11(12-5-4-8-18-12)10-15-13(16)9-14(17)6-2-3-7-14/h4-5,8,11,17H,2-3,6-7,9-10H2,1H3,(H,15,16). The van der Waals surface area contributed by atoms with E-state index in [2.05, 4.69) is 23.7 Å². The minimum Gasteiger partial charge on any atom is -0.389 e. The maximum absolute atomic E-state index is 11.8. The summed E-state index contributed by atoms with van der Waals surface area (Å²) in [6.07, 6.45) is 3.86. The molecule has 18 heavy (non-hydrogen) atoms. The van der Waals surface area contributed by atoms with E-state index in [1.165, 1.54) is 4.88 Å². The van der Waals surface area contributed by atoms with Gasteiger partial charge in [0.1, 0.15) is 0 Å². The van der Waals surface area contributed by atoms with Gasteiger partial charge in [-0.15, -0.1) is 11.3 Å². The molecule has 1 atom stereocenters. The maximum Gasteiger partial charge on any atom is 0.222 e. The maximum atomic E-state index is 11.8. The van der Waals surface area contributed by atoms with Crippen molar-refractivity contribution < 1.29 is 9.90 Å². The summed E-state index contributed by atoms with van der Waals surface area (Å²) < 4.78 is 0. The van der Waals surface area contributed by atoms with Gasteiger partial charge in [-0.05, 0) is 24.3 Å². The Hall–Kier alpha value is -0.870. The molecule has 1 aliphatic carbocycles. The number of carbonyl (C=O) groups is 1. The molecule has 4 heteroatoms. The van der Waals surface area contributed by atoms with Crippen LogP contribution in [-0.2, 0) is 4.79 Å². The van der Waals surface area contributed by atoms with Gasteiger partial charge in [-0.1, -0.05) is 25.8 Å². The summed E-state index contributed by atoms with van der Waals surface area (Å²) in [6, 6.07) is 4.12. The van der Waals surface area contributed by atoms with Crippen molar-refractivity contribution >= 4 is 17.2 Å². The van der Waals surface area contributed by atoms with Crippen LogP contribution in [0, 0.1) is 0 Å². The van der Waals surface area contributed by atoms with Crippen LogP contribution in [0.4, 0.5) is 0 Å². The molecule has 1 unspecified atom stereocenters. The molecule has 0 saturated heterocycles. The number of aliphatic hydroxyl groups is 1. The lowest BCUT2D eigenvalue weighted by atomic mass is 9.97. The van der Waals surface area contributed by atoms with Crippen molar-refractivity contribution in [2.45, 2.75) is 50.5 Å². The molecule has 1 aromatic heterocycles. The topological polar surface area (TPSA) is 49.3 Å². The summed E-state index contributed by atoms with van der Waals surface area (Å²) in [4.78, 5) is 13.1. The van der Waals surface area contributed by atoms with Gasteiger partial charge in [-0.2, -0.15) is 0 Å². The van der Waals surface area contributed by atoms with Crippen molar-refractivity contribution in [3.05, 3.63) is 22.4 Å². The Bertz CT molecular complexity index is 383. The number of amides is 1. The largest absolute Gasteiger partial charge is 0.389 e. The molecule has 100 valence electrons. The van der Waals surface area contributed by atoms with Gasteiger partial charge in [0, 0.05) is 17.3 Å². The summed E-state index contributed by atoms with van der Waals surface area (Å²) in [5, 5.41) is 15.1. The number of hydrogen-bond donors (Lipinski definition) is 2. The van der Waals surface area contributed by atoms with Gasteiger partial charge in [-0.3, -0.25) is 4.79 Å². The van der Waals surface area contributed by atoms with Gasteiger partial charge in [0.25, 0.3) is 0 Å². The first-order valence-corrected chi connectivity index (χ1v) is 7.49. The van der Waals surface area contributed by atoms with Crippen LogP contribution in [0.3, 0.4) is 0 Å². The minimum absolute atomic E-state index is 0.0252. The van der Waals surface area contributed by atoms with Crippen LogP contribution in [-0.4, -0.2) is 23.2 Å².